The highest BCUT2D eigenvalue weighted by atomic mass is 127. The molecule has 0 atom stereocenters. The summed E-state index contributed by atoms with van der Waals surface area (Å²) in [6.45, 7) is 8.53. The third kappa shape index (κ3) is 8.17. The second-order valence-corrected chi connectivity index (χ2v) is 8.64. The number of hydrogen-bond donors (Lipinski definition) is 2. The molecule has 0 unspecified atom stereocenters. The Morgan fingerprint density at radius 1 is 1.09 bits per heavy atom. The van der Waals surface area contributed by atoms with Crippen LogP contribution in [-0.2, 0) is 13.1 Å². The summed E-state index contributed by atoms with van der Waals surface area (Å²) in [4.78, 5) is 25.3. The molecule has 1 aliphatic heterocycles. The third-order valence-corrected chi connectivity index (χ3v) is 5.75. The topological polar surface area (TPSA) is 72.9 Å². The first-order valence-electron chi connectivity index (χ1n) is 11.5. The molecule has 2 aromatic rings. The van der Waals surface area contributed by atoms with Gasteiger partial charge in [0, 0.05) is 52.0 Å². The molecule has 0 saturated carbocycles. The Morgan fingerprint density at radius 3 is 2.33 bits per heavy atom. The minimum Gasteiger partial charge on any atom is -0.357 e. The zero-order valence-electron chi connectivity index (χ0n) is 20.2. The number of benzene rings is 1. The summed E-state index contributed by atoms with van der Waals surface area (Å²) in [5.41, 5.74) is 2.87. The average Bonchev–Trinajstić information content (AvgIpc) is 2.81. The van der Waals surface area contributed by atoms with Crippen LogP contribution in [0.1, 0.15) is 48.2 Å². The van der Waals surface area contributed by atoms with E-state index >= 15 is 0 Å². The Balaban J connectivity index is 0.00000385. The van der Waals surface area contributed by atoms with Crippen LogP contribution in [-0.4, -0.2) is 55.5 Å². The van der Waals surface area contributed by atoms with Crippen LogP contribution in [0.25, 0.3) is 0 Å². The van der Waals surface area contributed by atoms with Gasteiger partial charge in [0.25, 0.3) is 5.91 Å². The number of halogens is 1. The summed E-state index contributed by atoms with van der Waals surface area (Å²) < 4.78 is 0. The Bertz CT molecular complexity index is 890. The number of piperidine rings is 1. The van der Waals surface area contributed by atoms with E-state index in [1.807, 2.05) is 30.5 Å². The lowest BCUT2D eigenvalue weighted by atomic mass is 9.99. The van der Waals surface area contributed by atoms with E-state index in [-0.39, 0.29) is 29.9 Å². The van der Waals surface area contributed by atoms with Crippen molar-refractivity contribution in [3.63, 3.8) is 0 Å². The SMILES string of the molecule is CCNC(=NCc1ccc(N2CCC(C)CC2)nc1)NCc1ccc(C(=O)N(C)C)cc1.I. The number of carbonyl (C=O) groups is 1. The maximum absolute atomic E-state index is 12.0. The highest BCUT2D eigenvalue weighted by molar-refractivity contribution is 14.0. The maximum Gasteiger partial charge on any atom is 0.253 e. The van der Waals surface area contributed by atoms with Gasteiger partial charge in [-0.3, -0.25) is 4.79 Å². The number of rotatable bonds is 7. The third-order valence-electron chi connectivity index (χ3n) is 5.75. The zero-order valence-corrected chi connectivity index (χ0v) is 22.5. The summed E-state index contributed by atoms with van der Waals surface area (Å²) in [5.74, 6) is 2.64. The number of carbonyl (C=O) groups excluding carboxylic acids is 1. The van der Waals surface area contributed by atoms with Crippen LogP contribution < -0.4 is 15.5 Å². The number of hydrogen-bond acceptors (Lipinski definition) is 4. The van der Waals surface area contributed by atoms with Gasteiger partial charge in [0.05, 0.1) is 6.54 Å². The van der Waals surface area contributed by atoms with Gasteiger partial charge in [-0.15, -0.1) is 24.0 Å². The molecule has 3 rings (SSSR count). The van der Waals surface area contributed by atoms with Gasteiger partial charge in [-0.2, -0.15) is 0 Å². The molecule has 2 heterocycles. The van der Waals surface area contributed by atoms with Gasteiger partial charge in [-0.1, -0.05) is 25.1 Å². The van der Waals surface area contributed by atoms with Gasteiger partial charge in [0.15, 0.2) is 5.96 Å². The first-order chi connectivity index (χ1) is 15.5. The number of anilines is 1. The lowest BCUT2D eigenvalue weighted by Gasteiger charge is -2.31. The molecule has 0 bridgehead atoms. The highest BCUT2D eigenvalue weighted by Gasteiger charge is 2.16. The molecule has 8 heteroatoms. The van der Waals surface area contributed by atoms with E-state index in [0.29, 0.717) is 18.7 Å². The number of pyridine rings is 1. The van der Waals surface area contributed by atoms with Gasteiger partial charge in [0.2, 0.25) is 0 Å². The van der Waals surface area contributed by atoms with Crippen LogP contribution >= 0.6 is 24.0 Å². The number of guanidine groups is 1. The van der Waals surface area contributed by atoms with Crippen molar-refractivity contribution in [2.75, 3.05) is 38.6 Å². The molecule has 1 fully saturated rings. The van der Waals surface area contributed by atoms with Crippen molar-refractivity contribution in [3.8, 4) is 0 Å². The molecule has 33 heavy (non-hydrogen) atoms. The van der Waals surface area contributed by atoms with Crippen molar-refractivity contribution in [1.29, 1.82) is 0 Å². The zero-order chi connectivity index (χ0) is 22.9. The summed E-state index contributed by atoms with van der Waals surface area (Å²) in [6.07, 6.45) is 4.40. The van der Waals surface area contributed by atoms with Gasteiger partial charge in [0.1, 0.15) is 5.82 Å². The van der Waals surface area contributed by atoms with Gasteiger partial charge in [-0.25, -0.2) is 9.98 Å². The fourth-order valence-corrected chi connectivity index (χ4v) is 3.66. The Morgan fingerprint density at radius 2 is 1.76 bits per heavy atom. The molecule has 1 amide bonds. The van der Waals surface area contributed by atoms with Gasteiger partial charge >= 0.3 is 0 Å². The normalized spacial score (nSPS) is 14.4. The van der Waals surface area contributed by atoms with E-state index in [4.69, 9.17) is 4.99 Å². The smallest absolute Gasteiger partial charge is 0.253 e. The second-order valence-electron chi connectivity index (χ2n) is 8.64. The second kappa shape index (κ2) is 13.4. The van der Waals surface area contributed by atoms with E-state index < -0.39 is 0 Å². The first kappa shape index (κ1) is 26.9. The van der Waals surface area contributed by atoms with Crippen molar-refractivity contribution in [2.45, 2.75) is 39.8 Å². The summed E-state index contributed by atoms with van der Waals surface area (Å²) in [5, 5.41) is 6.65. The molecule has 0 spiro atoms. The van der Waals surface area contributed by atoms with Crippen LogP contribution in [0.3, 0.4) is 0 Å². The van der Waals surface area contributed by atoms with Crippen LogP contribution in [0.15, 0.2) is 47.6 Å². The van der Waals surface area contributed by atoms with Gasteiger partial charge < -0.3 is 20.4 Å². The van der Waals surface area contributed by atoms with E-state index in [9.17, 15) is 4.79 Å². The quantitative estimate of drug-likeness (QED) is 0.304. The van der Waals surface area contributed by atoms with E-state index in [1.54, 1.807) is 19.0 Å². The van der Waals surface area contributed by atoms with E-state index in [0.717, 1.165) is 48.5 Å². The molecule has 180 valence electrons. The summed E-state index contributed by atoms with van der Waals surface area (Å²) in [7, 11) is 3.52. The molecular formula is C25H37IN6O. The van der Waals surface area contributed by atoms with E-state index in [1.165, 1.54) is 12.8 Å². The van der Waals surface area contributed by atoms with Crippen molar-refractivity contribution >= 4 is 41.7 Å². The fourth-order valence-electron chi connectivity index (χ4n) is 3.66. The maximum atomic E-state index is 12.0. The Labute approximate surface area is 215 Å². The lowest BCUT2D eigenvalue weighted by molar-refractivity contribution is 0.0827. The summed E-state index contributed by atoms with van der Waals surface area (Å²) >= 11 is 0. The molecule has 1 saturated heterocycles. The predicted octanol–water partition coefficient (Wildman–Crippen LogP) is 3.89. The number of amides is 1. The van der Waals surface area contributed by atoms with Gasteiger partial charge in [-0.05, 0) is 55.0 Å². The van der Waals surface area contributed by atoms with Crippen molar-refractivity contribution < 1.29 is 4.79 Å². The van der Waals surface area contributed by atoms with Crippen molar-refractivity contribution in [2.24, 2.45) is 10.9 Å². The molecule has 2 N–H and O–H groups in total. The van der Waals surface area contributed by atoms with Crippen LogP contribution in [0.2, 0.25) is 0 Å². The summed E-state index contributed by atoms with van der Waals surface area (Å²) in [6, 6.07) is 11.9. The standard InChI is InChI=1S/C25H36N6O.HI/c1-5-26-25(28-16-20-6-9-22(10-7-20)24(32)30(3)4)29-18-21-8-11-23(27-17-21)31-14-12-19(2)13-15-31;/h6-11,17,19H,5,12-16,18H2,1-4H3,(H2,26,28,29);1H. The average molecular weight is 565 g/mol. The molecule has 0 radical (unpaired) electrons. The van der Waals surface area contributed by atoms with Crippen LogP contribution in [0.5, 0.6) is 0 Å². The Hall–Kier alpha value is -2.36. The number of nitrogens with zero attached hydrogens (tertiary/aromatic N) is 4. The number of nitrogens with one attached hydrogen (secondary N) is 2. The predicted molar refractivity (Wildman–Crippen MR) is 146 cm³/mol. The van der Waals surface area contributed by atoms with Crippen LogP contribution in [0, 0.1) is 5.92 Å². The number of aliphatic imine (C=N–C) groups is 1. The molecule has 1 aliphatic rings. The molecule has 0 aliphatic carbocycles. The monoisotopic (exact) mass is 564 g/mol. The minimum atomic E-state index is 0. The first-order valence-corrected chi connectivity index (χ1v) is 11.5. The number of aromatic nitrogens is 1. The van der Waals surface area contributed by atoms with Crippen molar-refractivity contribution in [1.82, 2.24) is 20.5 Å². The molecular weight excluding hydrogens is 527 g/mol. The lowest BCUT2D eigenvalue weighted by Crippen LogP contribution is -2.36. The van der Waals surface area contributed by atoms with Crippen molar-refractivity contribution in [3.05, 3.63) is 59.3 Å². The largest absolute Gasteiger partial charge is 0.357 e. The molecule has 1 aromatic heterocycles. The minimum absolute atomic E-state index is 0. The van der Waals surface area contributed by atoms with E-state index in [2.05, 4.69) is 46.5 Å². The molecule has 1 aromatic carbocycles. The highest BCUT2D eigenvalue weighted by Crippen LogP contribution is 2.21. The van der Waals surface area contributed by atoms with Crippen LogP contribution in [0.4, 0.5) is 5.82 Å². The Kier molecular flexibility index (Phi) is 10.9. The fraction of sp³-hybridized carbons (Fsp3) is 0.480. The molecule has 7 nitrogen and oxygen atoms in total.